The molecule has 1 aromatic rings. The third kappa shape index (κ3) is 2.87. The van der Waals surface area contributed by atoms with Gasteiger partial charge in [0, 0.05) is 25.5 Å². The van der Waals surface area contributed by atoms with Gasteiger partial charge in [0.15, 0.2) is 5.82 Å². The first kappa shape index (κ1) is 13.6. The summed E-state index contributed by atoms with van der Waals surface area (Å²) in [6, 6.07) is 0. The Balaban J connectivity index is 1.67. The Morgan fingerprint density at radius 2 is 1.90 bits per heavy atom. The van der Waals surface area contributed by atoms with Crippen LogP contribution in [-0.4, -0.2) is 40.4 Å². The van der Waals surface area contributed by atoms with Gasteiger partial charge in [-0.1, -0.05) is 0 Å². The van der Waals surface area contributed by atoms with Crippen molar-refractivity contribution in [2.45, 2.75) is 51.2 Å². The quantitative estimate of drug-likeness (QED) is 0.912. The minimum Gasteiger partial charge on any atom is -0.472 e. The molecule has 1 aliphatic carbocycles. The van der Waals surface area contributed by atoms with Crippen molar-refractivity contribution < 1.29 is 9.84 Å². The van der Waals surface area contributed by atoms with Crippen LogP contribution in [0.5, 0.6) is 5.88 Å². The lowest BCUT2D eigenvalue weighted by Crippen LogP contribution is -2.38. The SMILES string of the molecule is CC(O)C1CCN(c2nccnc2OC2CCC2)CC1. The predicted molar refractivity (Wildman–Crippen MR) is 76.9 cm³/mol. The highest BCUT2D eigenvalue weighted by molar-refractivity contribution is 5.48. The monoisotopic (exact) mass is 277 g/mol. The summed E-state index contributed by atoms with van der Waals surface area (Å²) in [5.41, 5.74) is 0. The van der Waals surface area contributed by atoms with Gasteiger partial charge in [0.25, 0.3) is 5.88 Å². The lowest BCUT2D eigenvalue weighted by Gasteiger charge is -2.35. The van der Waals surface area contributed by atoms with Crippen molar-refractivity contribution in [3.05, 3.63) is 12.4 Å². The molecule has 0 radical (unpaired) electrons. The molecule has 1 aliphatic heterocycles. The van der Waals surface area contributed by atoms with Gasteiger partial charge in [0.2, 0.25) is 0 Å². The molecule has 1 N–H and O–H groups in total. The summed E-state index contributed by atoms with van der Waals surface area (Å²) in [5, 5.41) is 9.68. The fourth-order valence-corrected chi connectivity index (χ4v) is 2.86. The number of ether oxygens (including phenoxy) is 1. The smallest absolute Gasteiger partial charge is 0.257 e. The molecule has 1 saturated carbocycles. The molecule has 1 aromatic heterocycles. The Hall–Kier alpha value is -1.36. The van der Waals surface area contributed by atoms with E-state index in [1.165, 1.54) is 6.42 Å². The molecule has 0 spiro atoms. The molecule has 110 valence electrons. The normalized spacial score (nSPS) is 22.4. The van der Waals surface area contributed by atoms with Crippen LogP contribution in [-0.2, 0) is 0 Å². The second kappa shape index (κ2) is 5.95. The van der Waals surface area contributed by atoms with Gasteiger partial charge in [-0.05, 0) is 44.9 Å². The van der Waals surface area contributed by atoms with Crippen LogP contribution in [0.2, 0.25) is 0 Å². The summed E-state index contributed by atoms with van der Waals surface area (Å²) in [5.74, 6) is 1.94. The Morgan fingerprint density at radius 3 is 2.50 bits per heavy atom. The van der Waals surface area contributed by atoms with Crippen molar-refractivity contribution >= 4 is 5.82 Å². The number of rotatable bonds is 4. The van der Waals surface area contributed by atoms with Crippen molar-refractivity contribution in [2.75, 3.05) is 18.0 Å². The number of aromatic nitrogens is 2. The Morgan fingerprint density at radius 1 is 1.20 bits per heavy atom. The van der Waals surface area contributed by atoms with Crippen LogP contribution in [0.4, 0.5) is 5.82 Å². The minimum absolute atomic E-state index is 0.218. The fourth-order valence-electron chi connectivity index (χ4n) is 2.86. The molecule has 1 atom stereocenters. The average molecular weight is 277 g/mol. The maximum absolute atomic E-state index is 9.68. The van der Waals surface area contributed by atoms with Gasteiger partial charge in [0.1, 0.15) is 6.10 Å². The van der Waals surface area contributed by atoms with Crippen LogP contribution in [0.1, 0.15) is 39.0 Å². The summed E-state index contributed by atoms with van der Waals surface area (Å²) in [6.07, 6.45) is 9.02. The highest BCUT2D eigenvalue weighted by atomic mass is 16.5. The summed E-state index contributed by atoms with van der Waals surface area (Å²) in [4.78, 5) is 11.0. The van der Waals surface area contributed by atoms with Gasteiger partial charge in [-0.2, -0.15) is 0 Å². The van der Waals surface area contributed by atoms with Crippen LogP contribution in [0.15, 0.2) is 12.4 Å². The summed E-state index contributed by atoms with van der Waals surface area (Å²) < 4.78 is 5.94. The maximum Gasteiger partial charge on any atom is 0.257 e. The molecular formula is C15H23N3O2. The molecule has 0 aromatic carbocycles. The molecule has 1 unspecified atom stereocenters. The number of piperidine rings is 1. The Kier molecular flexibility index (Phi) is 4.05. The first-order chi connectivity index (χ1) is 9.74. The standard InChI is InChI=1S/C15H23N3O2/c1-11(19)12-5-9-18(10-6-12)14-15(17-8-7-16-14)20-13-3-2-4-13/h7-8,11-13,19H,2-6,9-10H2,1H3. The Labute approximate surface area is 120 Å². The number of hydrogen-bond donors (Lipinski definition) is 1. The van der Waals surface area contributed by atoms with E-state index in [4.69, 9.17) is 4.74 Å². The van der Waals surface area contributed by atoms with Crippen molar-refractivity contribution in [2.24, 2.45) is 5.92 Å². The van der Waals surface area contributed by atoms with E-state index in [1.54, 1.807) is 12.4 Å². The Bertz CT molecular complexity index is 440. The first-order valence-electron chi connectivity index (χ1n) is 7.64. The molecule has 5 nitrogen and oxygen atoms in total. The largest absolute Gasteiger partial charge is 0.472 e. The molecule has 2 aliphatic rings. The summed E-state index contributed by atoms with van der Waals surface area (Å²) in [6.45, 7) is 3.71. The lowest BCUT2D eigenvalue weighted by atomic mass is 9.92. The molecule has 0 amide bonds. The third-order valence-corrected chi connectivity index (χ3v) is 4.50. The molecule has 5 heteroatoms. The minimum atomic E-state index is -0.218. The van der Waals surface area contributed by atoms with Crippen molar-refractivity contribution in [1.29, 1.82) is 0 Å². The lowest BCUT2D eigenvalue weighted by molar-refractivity contribution is 0.107. The topological polar surface area (TPSA) is 58.5 Å². The van der Waals surface area contributed by atoms with Gasteiger partial charge in [-0.15, -0.1) is 0 Å². The van der Waals surface area contributed by atoms with Crippen LogP contribution in [0.25, 0.3) is 0 Å². The van der Waals surface area contributed by atoms with E-state index in [1.807, 2.05) is 6.92 Å². The molecule has 3 rings (SSSR count). The van der Waals surface area contributed by atoms with E-state index in [0.717, 1.165) is 44.6 Å². The van der Waals surface area contributed by atoms with Crippen LogP contribution < -0.4 is 9.64 Å². The van der Waals surface area contributed by atoms with Crippen LogP contribution >= 0.6 is 0 Å². The molecule has 0 bridgehead atoms. The van der Waals surface area contributed by atoms with Crippen LogP contribution in [0.3, 0.4) is 0 Å². The van der Waals surface area contributed by atoms with Crippen molar-refractivity contribution in [1.82, 2.24) is 9.97 Å². The number of aliphatic hydroxyl groups is 1. The average Bonchev–Trinajstić information content (AvgIpc) is 2.43. The summed E-state index contributed by atoms with van der Waals surface area (Å²) in [7, 11) is 0. The highest BCUT2D eigenvalue weighted by Gasteiger charge is 2.27. The molecule has 2 fully saturated rings. The second-order valence-electron chi connectivity index (χ2n) is 5.92. The number of hydrogen-bond acceptors (Lipinski definition) is 5. The van der Waals surface area contributed by atoms with Gasteiger partial charge in [0.05, 0.1) is 6.10 Å². The fraction of sp³-hybridized carbons (Fsp3) is 0.733. The van der Waals surface area contributed by atoms with Crippen molar-refractivity contribution in [3.63, 3.8) is 0 Å². The molecule has 2 heterocycles. The maximum atomic E-state index is 9.68. The zero-order chi connectivity index (χ0) is 13.9. The molecule has 20 heavy (non-hydrogen) atoms. The predicted octanol–water partition coefficient (Wildman–Crippen LogP) is 2.01. The number of nitrogens with zero attached hydrogens (tertiary/aromatic N) is 3. The van der Waals surface area contributed by atoms with E-state index < -0.39 is 0 Å². The van der Waals surface area contributed by atoms with Gasteiger partial charge >= 0.3 is 0 Å². The van der Waals surface area contributed by atoms with Gasteiger partial charge in [-0.25, -0.2) is 9.97 Å². The first-order valence-corrected chi connectivity index (χ1v) is 7.64. The van der Waals surface area contributed by atoms with Crippen LogP contribution in [0, 0.1) is 5.92 Å². The third-order valence-electron chi connectivity index (χ3n) is 4.50. The van der Waals surface area contributed by atoms with E-state index in [2.05, 4.69) is 14.9 Å². The number of anilines is 1. The summed E-state index contributed by atoms with van der Waals surface area (Å²) >= 11 is 0. The van der Waals surface area contributed by atoms with E-state index >= 15 is 0 Å². The molecule has 1 saturated heterocycles. The van der Waals surface area contributed by atoms with E-state index in [0.29, 0.717) is 17.9 Å². The highest BCUT2D eigenvalue weighted by Crippen LogP contribution is 2.32. The molecular weight excluding hydrogens is 254 g/mol. The zero-order valence-corrected chi connectivity index (χ0v) is 12.0. The second-order valence-corrected chi connectivity index (χ2v) is 5.92. The van der Waals surface area contributed by atoms with E-state index in [9.17, 15) is 5.11 Å². The zero-order valence-electron chi connectivity index (χ0n) is 12.0. The number of aliphatic hydroxyl groups excluding tert-OH is 1. The van der Waals surface area contributed by atoms with Gasteiger partial charge in [-0.3, -0.25) is 0 Å². The van der Waals surface area contributed by atoms with Crippen molar-refractivity contribution in [3.8, 4) is 5.88 Å². The van der Waals surface area contributed by atoms with E-state index in [-0.39, 0.29) is 6.10 Å². The van der Waals surface area contributed by atoms with Gasteiger partial charge < -0.3 is 14.7 Å².